The van der Waals surface area contributed by atoms with Crippen molar-refractivity contribution in [3.05, 3.63) is 0 Å². The fourth-order valence-electron chi connectivity index (χ4n) is 3.96. The van der Waals surface area contributed by atoms with Crippen LogP contribution in [0.5, 0.6) is 0 Å². The Morgan fingerprint density at radius 2 is 1.67 bits per heavy atom. The molecule has 21 heavy (non-hydrogen) atoms. The van der Waals surface area contributed by atoms with Crippen LogP contribution >= 0.6 is 0 Å². The molecule has 0 radical (unpaired) electrons. The van der Waals surface area contributed by atoms with Gasteiger partial charge in [0.2, 0.25) is 0 Å². The van der Waals surface area contributed by atoms with Crippen LogP contribution in [0, 0.1) is 5.92 Å². The molecule has 2 fully saturated rings. The molecule has 2 nitrogen and oxygen atoms in total. The summed E-state index contributed by atoms with van der Waals surface area (Å²) in [6.07, 6.45) is 17.5. The summed E-state index contributed by atoms with van der Waals surface area (Å²) in [4.78, 5) is 12.4. The molecule has 1 heterocycles. The van der Waals surface area contributed by atoms with E-state index < -0.39 is 0 Å². The molecule has 122 valence electrons. The molecular formula is C19H34O2. The van der Waals surface area contributed by atoms with Gasteiger partial charge in [-0.05, 0) is 38.5 Å². The van der Waals surface area contributed by atoms with Gasteiger partial charge in [-0.15, -0.1) is 0 Å². The van der Waals surface area contributed by atoms with Crippen LogP contribution in [0.1, 0.15) is 96.8 Å². The number of carbonyl (C=O) groups excluding carboxylic acids is 1. The van der Waals surface area contributed by atoms with E-state index in [0.717, 1.165) is 19.3 Å². The van der Waals surface area contributed by atoms with E-state index >= 15 is 0 Å². The lowest BCUT2D eigenvalue weighted by atomic mass is 9.83. The van der Waals surface area contributed by atoms with Crippen molar-refractivity contribution in [3.8, 4) is 0 Å². The van der Waals surface area contributed by atoms with Crippen molar-refractivity contribution in [3.63, 3.8) is 0 Å². The summed E-state index contributed by atoms with van der Waals surface area (Å²) in [5.41, 5.74) is 0. The van der Waals surface area contributed by atoms with Gasteiger partial charge in [-0.1, -0.05) is 51.9 Å². The van der Waals surface area contributed by atoms with Gasteiger partial charge >= 0.3 is 0 Å². The van der Waals surface area contributed by atoms with Crippen molar-refractivity contribution in [2.24, 2.45) is 5.92 Å². The minimum absolute atomic E-state index is 0.226. The Morgan fingerprint density at radius 3 is 2.43 bits per heavy atom. The zero-order chi connectivity index (χ0) is 14.9. The molecule has 1 aliphatic heterocycles. The molecule has 0 amide bonds. The first-order chi connectivity index (χ1) is 10.3. The van der Waals surface area contributed by atoms with E-state index in [2.05, 4.69) is 6.92 Å². The van der Waals surface area contributed by atoms with Crippen LogP contribution < -0.4 is 0 Å². The van der Waals surface area contributed by atoms with Gasteiger partial charge in [0, 0.05) is 12.3 Å². The third kappa shape index (κ3) is 6.10. The highest BCUT2D eigenvalue weighted by atomic mass is 16.5. The minimum Gasteiger partial charge on any atom is -0.375 e. The summed E-state index contributed by atoms with van der Waals surface area (Å²) >= 11 is 0. The van der Waals surface area contributed by atoms with E-state index in [1.807, 2.05) is 0 Å². The largest absolute Gasteiger partial charge is 0.375 e. The van der Waals surface area contributed by atoms with Crippen LogP contribution in [0.25, 0.3) is 0 Å². The molecule has 1 aliphatic carbocycles. The average molecular weight is 294 g/mol. The summed E-state index contributed by atoms with van der Waals surface area (Å²) in [5.74, 6) is 0.846. The van der Waals surface area contributed by atoms with E-state index in [9.17, 15) is 4.79 Å². The third-order valence-corrected chi connectivity index (χ3v) is 5.31. The van der Waals surface area contributed by atoms with E-state index in [-0.39, 0.29) is 6.10 Å². The number of hydrogen-bond acceptors (Lipinski definition) is 2. The first-order valence-electron chi connectivity index (χ1n) is 9.47. The highest BCUT2D eigenvalue weighted by molar-refractivity contribution is 5.81. The minimum atomic E-state index is 0.226. The number of Topliss-reactive ketones (excluding diaryl/α,β-unsaturated/α-hetero) is 1. The van der Waals surface area contributed by atoms with Gasteiger partial charge in [0.1, 0.15) is 5.78 Å². The summed E-state index contributed by atoms with van der Waals surface area (Å²) in [6, 6.07) is 0. The van der Waals surface area contributed by atoms with Gasteiger partial charge in [-0.25, -0.2) is 0 Å². The Hall–Kier alpha value is -0.370. The quantitative estimate of drug-likeness (QED) is 0.558. The Kier molecular flexibility index (Phi) is 7.77. The van der Waals surface area contributed by atoms with Gasteiger partial charge in [-0.3, -0.25) is 4.79 Å². The second-order valence-electron chi connectivity index (χ2n) is 7.17. The van der Waals surface area contributed by atoms with E-state index in [0.29, 0.717) is 24.2 Å². The number of rotatable bonds is 8. The molecule has 2 atom stereocenters. The number of hydrogen-bond donors (Lipinski definition) is 0. The third-order valence-electron chi connectivity index (χ3n) is 5.31. The molecule has 0 aromatic carbocycles. The maximum atomic E-state index is 12.4. The SMILES string of the molecule is CCCCCC[C@@H]1CCC[C@@H](CC(=O)C2CCCCC2)O1. The van der Waals surface area contributed by atoms with Crippen LogP contribution in [-0.4, -0.2) is 18.0 Å². The maximum absolute atomic E-state index is 12.4. The Labute approximate surface area is 131 Å². The zero-order valence-electron chi connectivity index (χ0n) is 13.9. The molecule has 1 saturated carbocycles. The average Bonchev–Trinajstić information content (AvgIpc) is 2.53. The van der Waals surface area contributed by atoms with Crippen molar-refractivity contribution in [2.45, 2.75) is 109 Å². The summed E-state index contributed by atoms with van der Waals surface area (Å²) in [5, 5.41) is 0. The Bertz CT molecular complexity index is 294. The Morgan fingerprint density at radius 1 is 0.905 bits per heavy atom. The summed E-state index contributed by atoms with van der Waals surface area (Å²) in [6.45, 7) is 2.25. The molecule has 1 saturated heterocycles. The molecule has 0 aromatic rings. The molecule has 2 aliphatic rings. The molecule has 2 heteroatoms. The van der Waals surface area contributed by atoms with Gasteiger partial charge in [-0.2, -0.15) is 0 Å². The van der Waals surface area contributed by atoms with Crippen molar-refractivity contribution >= 4 is 5.78 Å². The first-order valence-corrected chi connectivity index (χ1v) is 9.47. The lowest BCUT2D eigenvalue weighted by molar-refractivity contribution is -0.130. The van der Waals surface area contributed by atoms with Crippen molar-refractivity contribution in [1.29, 1.82) is 0 Å². The molecule has 0 unspecified atom stereocenters. The van der Waals surface area contributed by atoms with E-state index in [4.69, 9.17) is 4.74 Å². The molecule has 0 spiro atoms. The van der Waals surface area contributed by atoms with Gasteiger partial charge in [0.05, 0.1) is 12.2 Å². The molecule has 0 bridgehead atoms. The van der Waals surface area contributed by atoms with Crippen LogP contribution in [0.15, 0.2) is 0 Å². The lowest BCUT2D eigenvalue weighted by Gasteiger charge is -2.31. The highest BCUT2D eigenvalue weighted by Crippen LogP contribution is 2.29. The number of carbonyl (C=O) groups is 1. The predicted octanol–water partition coefficient (Wildman–Crippen LogP) is 5.43. The van der Waals surface area contributed by atoms with Crippen LogP contribution in [0.3, 0.4) is 0 Å². The second-order valence-corrected chi connectivity index (χ2v) is 7.17. The van der Waals surface area contributed by atoms with E-state index in [1.54, 1.807) is 0 Å². The molecule has 0 N–H and O–H groups in total. The number of unbranched alkanes of at least 4 members (excludes halogenated alkanes) is 3. The van der Waals surface area contributed by atoms with Gasteiger partial charge in [0.15, 0.2) is 0 Å². The maximum Gasteiger partial charge on any atom is 0.138 e. The van der Waals surface area contributed by atoms with Gasteiger partial charge < -0.3 is 4.74 Å². The van der Waals surface area contributed by atoms with Crippen molar-refractivity contribution < 1.29 is 9.53 Å². The molecule has 0 aromatic heterocycles. The van der Waals surface area contributed by atoms with E-state index in [1.165, 1.54) is 64.2 Å². The van der Waals surface area contributed by atoms with Gasteiger partial charge in [0.25, 0.3) is 0 Å². The standard InChI is InChI=1S/C19H34O2/c1-2-3-4-8-12-17-13-9-14-18(21-17)15-19(20)16-10-6-5-7-11-16/h16-18H,2-15H2,1H3/t17-,18+/m1/s1. The lowest BCUT2D eigenvalue weighted by Crippen LogP contribution is -2.31. The summed E-state index contributed by atoms with van der Waals surface area (Å²) in [7, 11) is 0. The second kappa shape index (κ2) is 9.61. The highest BCUT2D eigenvalue weighted by Gasteiger charge is 2.28. The fourth-order valence-corrected chi connectivity index (χ4v) is 3.96. The molecular weight excluding hydrogens is 260 g/mol. The predicted molar refractivity (Wildman–Crippen MR) is 87.5 cm³/mol. The zero-order valence-corrected chi connectivity index (χ0v) is 13.9. The van der Waals surface area contributed by atoms with Crippen molar-refractivity contribution in [2.75, 3.05) is 0 Å². The number of ketones is 1. The first kappa shape index (κ1) is 17.0. The fraction of sp³-hybridized carbons (Fsp3) is 0.947. The monoisotopic (exact) mass is 294 g/mol. The smallest absolute Gasteiger partial charge is 0.138 e. The topological polar surface area (TPSA) is 26.3 Å². The Balaban J connectivity index is 1.66. The van der Waals surface area contributed by atoms with Crippen LogP contribution in [0.2, 0.25) is 0 Å². The van der Waals surface area contributed by atoms with Crippen LogP contribution in [0.4, 0.5) is 0 Å². The number of ether oxygens (including phenoxy) is 1. The van der Waals surface area contributed by atoms with Crippen LogP contribution in [-0.2, 0) is 9.53 Å². The van der Waals surface area contributed by atoms with Crippen molar-refractivity contribution in [1.82, 2.24) is 0 Å². The summed E-state index contributed by atoms with van der Waals surface area (Å²) < 4.78 is 6.21. The molecule has 2 rings (SSSR count). The normalized spacial score (nSPS) is 27.7.